The van der Waals surface area contributed by atoms with Crippen LogP contribution in [0, 0.1) is 11.6 Å². The van der Waals surface area contributed by atoms with Crippen LogP contribution in [-0.4, -0.2) is 9.55 Å². The second-order valence-corrected chi connectivity index (χ2v) is 5.01. The third kappa shape index (κ3) is 2.64. The molecule has 2 aromatic carbocycles. The van der Waals surface area contributed by atoms with E-state index in [0.29, 0.717) is 15.9 Å². The van der Waals surface area contributed by atoms with Crippen LogP contribution in [0.2, 0.25) is 5.02 Å². The van der Waals surface area contributed by atoms with E-state index in [4.69, 9.17) is 11.6 Å². The number of benzene rings is 2. The summed E-state index contributed by atoms with van der Waals surface area (Å²) in [5.41, 5.74) is 0.229. The van der Waals surface area contributed by atoms with Gasteiger partial charge < -0.3 is 0 Å². The first-order valence-corrected chi connectivity index (χ1v) is 6.51. The summed E-state index contributed by atoms with van der Waals surface area (Å²) in [4.78, 5) is 16.4. The Labute approximate surface area is 123 Å². The Balaban J connectivity index is 2.11. The van der Waals surface area contributed by atoms with Crippen molar-refractivity contribution in [1.82, 2.24) is 9.55 Å². The van der Waals surface area contributed by atoms with Gasteiger partial charge in [-0.1, -0.05) is 11.6 Å². The van der Waals surface area contributed by atoms with Gasteiger partial charge in [-0.3, -0.25) is 9.36 Å². The van der Waals surface area contributed by atoms with Gasteiger partial charge in [-0.05, 0) is 36.4 Å². The zero-order valence-corrected chi connectivity index (χ0v) is 11.4. The third-order valence-electron chi connectivity index (χ3n) is 3.13. The van der Waals surface area contributed by atoms with Crippen LogP contribution >= 0.6 is 11.6 Å². The predicted octanol–water partition coefficient (Wildman–Crippen LogP) is 3.38. The minimum atomic E-state index is -0.575. The number of rotatable bonds is 2. The van der Waals surface area contributed by atoms with Crippen molar-refractivity contribution in [1.29, 1.82) is 0 Å². The first kappa shape index (κ1) is 13.7. The van der Waals surface area contributed by atoms with Gasteiger partial charge in [0, 0.05) is 10.6 Å². The topological polar surface area (TPSA) is 34.9 Å². The SMILES string of the molecule is O=c1c2cc(Cl)ccc2ncn1Cc1cc(F)ccc1F. The van der Waals surface area contributed by atoms with E-state index in [-0.39, 0.29) is 17.7 Å². The summed E-state index contributed by atoms with van der Waals surface area (Å²) in [5.74, 6) is -1.13. The van der Waals surface area contributed by atoms with Crippen molar-refractivity contribution in [2.24, 2.45) is 0 Å². The lowest BCUT2D eigenvalue weighted by molar-refractivity contribution is 0.574. The van der Waals surface area contributed by atoms with Crippen molar-refractivity contribution in [3.63, 3.8) is 0 Å². The minimum absolute atomic E-state index is 0.0836. The molecule has 6 heteroatoms. The average molecular weight is 307 g/mol. The molecule has 0 saturated carbocycles. The standard InChI is InChI=1S/C15H9ClF2N2O/c16-10-1-4-14-12(6-10)15(21)20(8-19-14)7-9-5-11(17)2-3-13(9)18/h1-6,8H,7H2. The van der Waals surface area contributed by atoms with Crippen LogP contribution in [0.5, 0.6) is 0 Å². The van der Waals surface area contributed by atoms with E-state index in [1.54, 1.807) is 12.1 Å². The maximum Gasteiger partial charge on any atom is 0.261 e. The Morgan fingerprint density at radius 2 is 1.95 bits per heavy atom. The second-order valence-electron chi connectivity index (χ2n) is 4.57. The van der Waals surface area contributed by atoms with E-state index < -0.39 is 11.6 Å². The number of nitrogens with zero attached hydrogens (tertiary/aromatic N) is 2. The lowest BCUT2D eigenvalue weighted by Gasteiger charge is -2.08. The van der Waals surface area contributed by atoms with Crippen LogP contribution in [0.4, 0.5) is 8.78 Å². The normalized spacial score (nSPS) is 11.0. The van der Waals surface area contributed by atoms with Gasteiger partial charge in [0.1, 0.15) is 11.6 Å². The molecule has 0 unspecified atom stereocenters. The van der Waals surface area contributed by atoms with Crippen LogP contribution < -0.4 is 5.56 Å². The Bertz CT molecular complexity index is 892. The van der Waals surface area contributed by atoms with E-state index in [2.05, 4.69) is 4.98 Å². The molecule has 0 radical (unpaired) electrons. The van der Waals surface area contributed by atoms with Crippen LogP contribution in [0.3, 0.4) is 0 Å². The van der Waals surface area contributed by atoms with Crippen molar-refractivity contribution < 1.29 is 8.78 Å². The van der Waals surface area contributed by atoms with Gasteiger partial charge in [0.25, 0.3) is 5.56 Å². The zero-order valence-electron chi connectivity index (χ0n) is 10.7. The zero-order chi connectivity index (χ0) is 15.0. The molecule has 0 spiro atoms. The molecule has 3 nitrogen and oxygen atoms in total. The van der Waals surface area contributed by atoms with E-state index in [1.165, 1.54) is 17.0 Å². The molecule has 1 aromatic heterocycles. The van der Waals surface area contributed by atoms with E-state index in [1.807, 2.05) is 0 Å². The number of hydrogen-bond acceptors (Lipinski definition) is 2. The minimum Gasteiger partial charge on any atom is -0.294 e. The first-order valence-electron chi connectivity index (χ1n) is 6.13. The molecule has 0 bridgehead atoms. The van der Waals surface area contributed by atoms with Gasteiger partial charge >= 0.3 is 0 Å². The van der Waals surface area contributed by atoms with E-state index in [0.717, 1.165) is 18.2 Å². The highest BCUT2D eigenvalue weighted by molar-refractivity contribution is 6.31. The van der Waals surface area contributed by atoms with Gasteiger partial charge in [-0.15, -0.1) is 0 Å². The van der Waals surface area contributed by atoms with Crippen LogP contribution in [-0.2, 0) is 6.54 Å². The number of halogens is 3. The number of fused-ring (bicyclic) bond motifs is 1. The van der Waals surface area contributed by atoms with Gasteiger partial charge in [0.05, 0.1) is 23.8 Å². The lowest BCUT2D eigenvalue weighted by Crippen LogP contribution is -2.21. The molecule has 106 valence electrons. The van der Waals surface area contributed by atoms with Gasteiger partial charge in [0.2, 0.25) is 0 Å². The molecule has 3 rings (SSSR count). The molecule has 0 aliphatic carbocycles. The Kier molecular flexibility index (Phi) is 3.43. The Morgan fingerprint density at radius 3 is 2.76 bits per heavy atom. The molecule has 1 heterocycles. The second kappa shape index (κ2) is 5.26. The smallest absolute Gasteiger partial charge is 0.261 e. The lowest BCUT2D eigenvalue weighted by atomic mass is 10.2. The fourth-order valence-corrected chi connectivity index (χ4v) is 2.26. The van der Waals surface area contributed by atoms with Crippen molar-refractivity contribution in [3.05, 3.63) is 75.3 Å². The summed E-state index contributed by atoms with van der Waals surface area (Å²) >= 11 is 5.86. The maximum atomic E-state index is 13.6. The maximum absolute atomic E-state index is 13.6. The highest BCUT2D eigenvalue weighted by atomic mass is 35.5. The summed E-state index contributed by atoms with van der Waals surface area (Å²) in [7, 11) is 0. The Morgan fingerprint density at radius 1 is 1.14 bits per heavy atom. The highest BCUT2D eigenvalue weighted by Crippen LogP contribution is 2.15. The summed E-state index contributed by atoms with van der Waals surface area (Å²) in [6.45, 7) is -0.0993. The summed E-state index contributed by atoms with van der Waals surface area (Å²) in [6, 6.07) is 7.88. The van der Waals surface area contributed by atoms with Crippen molar-refractivity contribution in [2.75, 3.05) is 0 Å². The monoisotopic (exact) mass is 306 g/mol. The van der Waals surface area contributed by atoms with Crippen LogP contribution in [0.15, 0.2) is 47.5 Å². The average Bonchev–Trinajstić information content (AvgIpc) is 2.46. The molecular formula is C15H9ClF2N2O. The first-order chi connectivity index (χ1) is 10.0. The van der Waals surface area contributed by atoms with Gasteiger partial charge in [0.15, 0.2) is 0 Å². The molecule has 3 aromatic rings. The molecule has 0 N–H and O–H groups in total. The molecule has 0 amide bonds. The molecule has 0 saturated heterocycles. The quantitative estimate of drug-likeness (QED) is 0.727. The number of aromatic nitrogens is 2. The van der Waals surface area contributed by atoms with Gasteiger partial charge in [-0.25, -0.2) is 13.8 Å². The molecule has 0 aliphatic rings. The molecule has 21 heavy (non-hydrogen) atoms. The van der Waals surface area contributed by atoms with Crippen molar-refractivity contribution >= 4 is 22.5 Å². The summed E-state index contributed by atoms with van der Waals surface area (Å²) < 4.78 is 28.0. The largest absolute Gasteiger partial charge is 0.294 e. The van der Waals surface area contributed by atoms with Crippen molar-refractivity contribution in [2.45, 2.75) is 6.54 Å². The fourth-order valence-electron chi connectivity index (χ4n) is 2.09. The Hall–Kier alpha value is -2.27. The molecule has 0 fully saturated rings. The van der Waals surface area contributed by atoms with E-state index >= 15 is 0 Å². The third-order valence-corrected chi connectivity index (χ3v) is 3.37. The molecule has 0 atom stereocenters. The van der Waals surface area contributed by atoms with Crippen LogP contribution in [0.1, 0.15) is 5.56 Å². The molecular weight excluding hydrogens is 298 g/mol. The highest BCUT2D eigenvalue weighted by Gasteiger charge is 2.09. The summed E-state index contributed by atoms with van der Waals surface area (Å²) in [6.07, 6.45) is 1.31. The van der Waals surface area contributed by atoms with Gasteiger partial charge in [-0.2, -0.15) is 0 Å². The molecule has 0 aliphatic heterocycles. The summed E-state index contributed by atoms with van der Waals surface area (Å²) in [5, 5.41) is 0.748. The number of hydrogen-bond donors (Lipinski definition) is 0. The van der Waals surface area contributed by atoms with Crippen molar-refractivity contribution in [3.8, 4) is 0 Å². The van der Waals surface area contributed by atoms with Crippen LogP contribution in [0.25, 0.3) is 10.9 Å². The van der Waals surface area contributed by atoms with E-state index in [9.17, 15) is 13.6 Å². The fraction of sp³-hybridized carbons (Fsp3) is 0.0667. The predicted molar refractivity (Wildman–Crippen MR) is 76.5 cm³/mol.